The van der Waals surface area contributed by atoms with Gasteiger partial charge >= 0.3 is 0 Å². The molecular formula is C72H59Ir2N5O2S2-4. The molecule has 11 heteroatoms. The molecular weight excluding hydrogens is 1420 g/mol. The number of aliphatic hydroxyl groups is 2. The third-order valence-electron chi connectivity index (χ3n) is 12.2. The SMILES string of the molecule is CO.CO.Cc1cccc(-c2[c-]cccc2)n1.Cc1cccc(-c2[c-]cccc2)n1.Cc1cccc(-c2[c-]cccc2)n1.[Ir].[Ir].[c-]1ccccc1-c1cc2c(cn1)sc1ccccc12.c1ccc(-c2cc3c(cn2)sc2ccccc23)cc1. The maximum absolute atomic E-state index is 7.00. The molecule has 7 nitrogen and oxygen atoms in total. The molecule has 0 spiro atoms. The second-order valence-corrected chi connectivity index (χ2v) is 20.0. The van der Waals surface area contributed by atoms with Crippen molar-refractivity contribution < 1.29 is 50.4 Å². The van der Waals surface area contributed by atoms with Crippen LogP contribution in [0, 0.1) is 45.0 Å². The van der Waals surface area contributed by atoms with Gasteiger partial charge in [-0.2, -0.15) is 0 Å². The van der Waals surface area contributed by atoms with E-state index in [4.69, 9.17) is 10.2 Å². The average Bonchev–Trinajstić information content (AvgIpc) is 3.90. The molecule has 0 unspecified atom stereocenters. The molecule has 0 atom stereocenters. The molecule has 0 aliphatic carbocycles. The van der Waals surface area contributed by atoms with E-state index in [1.807, 2.05) is 203 Å². The molecule has 0 fully saturated rings. The molecule has 7 heterocycles. The van der Waals surface area contributed by atoms with Crippen molar-refractivity contribution in [3.8, 4) is 56.3 Å². The number of aromatic nitrogens is 5. The first kappa shape index (κ1) is 64.1. The Labute approximate surface area is 521 Å². The van der Waals surface area contributed by atoms with Crippen LogP contribution in [0.2, 0.25) is 0 Å². The van der Waals surface area contributed by atoms with E-state index in [1.165, 1.54) is 45.9 Å². The van der Waals surface area contributed by atoms with E-state index in [2.05, 4.69) is 122 Å². The van der Waals surface area contributed by atoms with Crippen molar-refractivity contribution in [3.05, 3.63) is 296 Å². The second-order valence-electron chi connectivity index (χ2n) is 17.8. The first-order valence-electron chi connectivity index (χ1n) is 26.1. The summed E-state index contributed by atoms with van der Waals surface area (Å²) in [6, 6.07) is 94.0. The van der Waals surface area contributed by atoms with E-state index in [-0.39, 0.29) is 40.2 Å². The Kier molecular flexibility index (Phi) is 26.1. The Bertz CT molecular complexity index is 3810. The number of aryl methyl sites for hydroxylation is 3. The van der Waals surface area contributed by atoms with Gasteiger partial charge in [-0.15, -0.1) is 166 Å². The molecule has 14 aromatic rings. The summed E-state index contributed by atoms with van der Waals surface area (Å²) >= 11 is 3.60. The van der Waals surface area contributed by atoms with Gasteiger partial charge in [0, 0.05) is 110 Å². The van der Waals surface area contributed by atoms with E-state index in [9.17, 15) is 0 Å². The average molecular weight is 1470 g/mol. The van der Waals surface area contributed by atoms with Crippen molar-refractivity contribution in [2.24, 2.45) is 0 Å². The topological polar surface area (TPSA) is 105 Å². The summed E-state index contributed by atoms with van der Waals surface area (Å²) < 4.78 is 5.12. The molecule has 83 heavy (non-hydrogen) atoms. The van der Waals surface area contributed by atoms with Crippen LogP contribution in [0.3, 0.4) is 0 Å². The van der Waals surface area contributed by atoms with Gasteiger partial charge < -0.3 is 30.1 Å². The van der Waals surface area contributed by atoms with Gasteiger partial charge in [0.15, 0.2) is 0 Å². The van der Waals surface area contributed by atoms with Crippen LogP contribution >= 0.6 is 22.7 Å². The third kappa shape index (κ3) is 18.0. The number of fused-ring (bicyclic) bond motifs is 6. The summed E-state index contributed by atoms with van der Waals surface area (Å²) in [5.74, 6) is 0. The van der Waals surface area contributed by atoms with Crippen LogP contribution in [-0.4, -0.2) is 49.4 Å². The molecule has 2 N–H and O–H groups in total. The molecule has 0 aliphatic heterocycles. The molecule has 0 saturated heterocycles. The maximum atomic E-state index is 7.00. The zero-order valence-electron chi connectivity index (χ0n) is 46.4. The van der Waals surface area contributed by atoms with Gasteiger partial charge in [-0.3, -0.25) is 4.98 Å². The number of hydrogen-bond acceptors (Lipinski definition) is 9. The number of rotatable bonds is 5. The van der Waals surface area contributed by atoms with Gasteiger partial charge in [0.25, 0.3) is 0 Å². The summed E-state index contributed by atoms with van der Waals surface area (Å²) in [5, 5.41) is 19.2. The van der Waals surface area contributed by atoms with E-state index < -0.39 is 0 Å². The van der Waals surface area contributed by atoms with Crippen molar-refractivity contribution >= 4 is 63.0 Å². The Hall–Kier alpha value is -8.05. The van der Waals surface area contributed by atoms with Gasteiger partial charge in [0.1, 0.15) is 0 Å². The molecule has 7 aromatic heterocycles. The van der Waals surface area contributed by atoms with Crippen LogP contribution < -0.4 is 0 Å². The molecule has 0 saturated carbocycles. The molecule has 0 amide bonds. The molecule has 14 rings (SSSR count). The molecule has 0 bridgehead atoms. The van der Waals surface area contributed by atoms with Gasteiger partial charge in [-0.25, -0.2) is 0 Å². The quantitative estimate of drug-likeness (QED) is 0.165. The summed E-state index contributed by atoms with van der Waals surface area (Å²) in [6.07, 6.45) is 3.96. The number of thiophene rings is 2. The fraction of sp³-hybridized carbons (Fsp3) is 0.0694. The Morgan fingerprint density at radius 3 is 0.988 bits per heavy atom. The Morgan fingerprint density at radius 1 is 0.301 bits per heavy atom. The van der Waals surface area contributed by atoms with Crippen LogP contribution in [0.1, 0.15) is 17.1 Å². The molecule has 2 radical (unpaired) electrons. The van der Waals surface area contributed by atoms with Gasteiger partial charge in [0.2, 0.25) is 0 Å². The summed E-state index contributed by atoms with van der Waals surface area (Å²) in [6.45, 7) is 5.98. The minimum absolute atomic E-state index is 0. The standard InChI is InChI=1S/C17H11NS.C17H10NS.3C12H10N.2CH4O.2Ir/c2*1-2-6-12(7-3-1)15-10-14-13-8-4-5-9-16(13)19-17(14)11-18-15;3*1-10-6-5-9-12(13-10)11-7-3-2-4-8-11;2*1-2;;/h1-11H;1-6,8-11H;3*2-7,9H,1H3;2*2H,1H3;;/q;4*-1;;;;. The van der Waals surface area contributed by atoms with Gasteiger partial charge in [-0.05, 0) is 90.7 Å². The Balaban J connectivity index is 0.000000165. The third-order valence-corrected chi connectivity index (χ3v) is 14.4. The van der Waals surface area contributed by atoms with Crippen LogP contribution in [-0.2, 0) is 40.2 Å². The maximum Gasteiger partial charge on any atom is 0.0709 e. The Morgan fingerprint density at radius 2 is 0.627 bits per heavy atom. The number of pyridine rings is 5. The minimum Gasteiger partial charge on any atom is -0.400 e. The van der Waals surface area contributed by atoms with E-state index in [0.29, 0.717) is 0 Å². The normalized spacial score (nSPS) is 9.92. The smallest absolute Gasteiger partial charge is 0.0709 e. The first-order chi connectivity index (χ1) is 39.9. The number of benzene rings is 7. The van der Waals surface area contributed by atoms with Crippen LogP contribution in [0.15, 0.2) is 255 Å². The van der Waals surface area contributed by atoms with Crippen molar-refractivity contribution in [2.45, 2.75) is 20.8 Å². The van der Waals surface area contributed by atoms with Crippen LogP contribution in [0.4, 0.5) is 0 Å². The number of nitrogens with zero attached hydrogens (tertiary/aromatic N) is 5. The van der Waals surface area contributed by atoms with Gasteiger partial charge in [0.05, 0.1) is 15.1 Å². The zero-order valence-corrected chi connectivity index (χ0v) is 52.8. The fourth-order valence-corrected chi connectivity index (χ4v) is 10.6. The predicted molar refractivity (Wildman–Crippen MR) is 340 cm³/mol. The van der Waals surface area contributed by atoms with Crippen molar-refractivity contribution in [1.29, 1.82) is 0 Å². The van der Waals surface area contributed by atoms with Crippen LogP contribution in [0.25, 0.3) is 96.6 Å². The van der Waals surface area contributed by atoms with E-state index in [1.54, 1.807) is 22.7 Å². The largest absolute Gasteiger partial charge is 0.400 e. The minimum atomic E-state index is 0. The number of hydrogen-bond donors (Lipinski definition) is 2. The molecule has 0 aliphatic rings. The first-order valence-corrected chi connectivity index (χ1v) is 27.7. The molecule has 7 aromatic carbocycles. The summed E-state index contributed by atoms with van der Waals surface area (Å²) in [4.78, 5) is 22.4. The van der Waals surface area contributed by atoms with E-state index >= 15 is 0 Å². The predicted octanol–water partition coefficient (Wildman–Crippen LogP) is 17.8. The van der Waals surface area contributed by atoms with Gasteiger partial charge in [-0.1, -0.05) is 109 Å². The summed E-state index contributed by atoms with van der Waals surface area (Å²) in [5.41, 5.74) is 13.4. The fourth-order valence-electron chi connectivity index (χ4n) is 8.47. The second kappa shape index (κ2) is 33.8. The van der Waals surface area contributed by atoms with Crippen molar-refractivity contribution in [1.82, 2.24) is 24.9 Å². The molecule has 418 valence electrons. The monoisotopic (exact) mass is 1480 g/mol. The zero-order chi connectivity index (χ0) is 56.6. The summed E-state index contributed by atoms with van der Waals surface area (Å²) in [7, 11) is 2.00. The van der Waals surface area contributed by atoms with Crippen molar-refractivity contribution in [3.63, 3.8) is 0 Å². The van der Waals surface area contributed by atoms with E-state index in [0.717, 1.165) is 82.0 Å². The van der Waals surface area contributed by atoms with Crippen molar-refractivity contribution in [2.75, 3.05) is 14.2 Å². The number of aliphatic hydroxyl groups excluding tert-OH is 2. The van der Waals surface area contributed by atoms with Crippen LogP contribution in [0.5, 0.6) is 0 Å².